The lowest BCUT2D eigenvalue weighted by atomic mass is 9.81. The second-order valence-corrected chi connectivity index (χ2v) is 4.80. The second-order valence-electron chi connectivity index (χ2n) is 4.39. The Morgan fingerprint density at radius 3 is 2.73 bits per heavy atom. The topological polar surface area (TPSA) is 17.1 Å². The van der Waals surface area contributed by atoms with Gasteiger partial charge in [-0.25, -0.2) is 0 Å². The van der Waals surface area contributed by atoms with Crippen LogP contribution in [0.4, 0.5) is 0 Å². The van der Waals surface area contributed by atoms with Gasteiger partial charge in [-0.3, -0.25) is 4.79 Å². The third kappa shape index (κ3) is 2.40. The van der Waals surface area contributed by atoms with E-state index in [9.17, 15) is 4.79 Å². The lowest BCUT2D eigenvalue weighted by molar-refractivity contribution is 0.0936. The number of halogens is 1. The Hall–Kier alpha value is -0.820. The molecule has 0 N–H and O–H groups in total. The van der Waals surface area contributed by atoms with Gasteiger partial charge >= 0.3 is 0 Å². The monoisotopic (exact) mass is 222 g/mol. The smallest absolute Gasteiger partial charge is 0.163 e. The largest absolute Gasteiger partial charge is 0.294 e. The molecule has 0 saturated heterocycles. The van der Waals surface area contributed by atoms with Crippen LogP contribution < -0.4 is 0 Å². The number of benzene rings is 1. The van der Waals surface area contributed by atoms with E-state index < -0.39 is 0 Å². The first-order valence-corrected chi connectivity index (χ1v) is 5.84. The van der Waals surface area contributed by atoms with Crippen LogP contribution >= 0.6 is 11.6 Å². The number of rotatable bonds is 3. The fraction of sp³-hybridized carbons (Fsp3) is 0.462. The van der Waals surface area contributed by atoms with Gasteiger partial charge in [0.25, 0.3) is 0 Å². The third-order valence-corrected chi connectivity index (χ3v) is 3.60. The third-order valence-electron chi connectivity index (χ3n) is 3.18. The predicted octanol–water partition coefficient (Wildman–Crippen LogP) is 4.02. The Balaban J connectivity index is 2.07. The minimum absolute atomic E-state index is 0.263. The zero-order valence-electron chi connectivity index (χ0n) is 8.92. The maximum absolute atomic E-state index is 11.9. The molecule has 0 amide bonds. The Morgan fingerprint density at radius 1 is 1.47 bits per heavy atom. The van der Waals surface area contributed by atoms with E-state index in [0.29, 0.717) is 12.3 Å². The number of ketones is 1. The van der Waals surface area contributed by atoms with Crippen LogP contribution in [0, 0.1) is 12.8 Å². The van der Waals surface area contributed by atoms with Gasteiger partial charge in [0.1, 0.15) is 0 Å². The van der Waals surface area contributed by atoms with Crippen molar-refractivity contribution in [1.29, 1.82) is 0 Å². The maximum Gasteiger partial charge on any atom is 0.163 e. The summed E-state index contributed by atoms with van der Waals surface area (Å²) in [6.45, 7) is 1.93. The molecule has 0 aliphatic heterocycles. The van der Waals surface area contributed by atoms with Crippen LogP contribution in [0.3, 0.4) is 0 Å². The van der Waals surface area contributed by atoms with Crippen LogP contribution in [0.5, 0.6) is 0 Å². The van der Waals surface area contributed by atoms with Gasteiger partial charge in [-0.2, -0.15) is 0 Å². The molecule has 0 heterocycles. The van der Waals surface area contributed by atoms with E-state index >= 15 is 0 Å². The summed E-state index contributed by atoms with van der Waals surface area (Å²) >= 11 is 5.92. The fourth-order valence-corrected chi connectivity index (χ4v) is 2.01. The standard InChI is InChI=1S/C13H15ClO/c1-9-7-11(5-6-12(9)14)13(15)8-10-3-2-4-10/h5-7,10H,2-4,8H2,1H3. The summed E-state index contributed by atoms with van der Waals surface area (Å²) in [6, 6.07) is 5.53. The van der Waals surface area contributed by atoms with Gasteiger partial charge in [0.15, 0.2) is 5.78 Å². The molecule has 0 aromatic heterocycles. The van der Waals surface area contributed by atoms with Crippen molar-refractivity contribution in [2.24, 2.45) is 5.92 Å². The van der Waals surface area contributed by atoms with Crippen molar-refractivity contribution >= 4 is 17.4 Å². The predicted molar refractivity (Wildman–Crippen MR) is 62.5 cm³/mol. The van der Waals surface area contributed by atoms with Crippen molar-refractivity contribution in [3.05, 3.63) is 34.3 Å². The Kier molecular flexibility index (Phi) is 3.11. The summed E-state index contributed by atoms with van der Waals surface area (Å²) < 4.78 is 0. The van der Waals surface area contributed by atoms with Gasteiger partial charge in [0.2, 0.25) is 0 Å². The van der Waals surface area contributed by atoms with E-state index in [4.69, 9.17) is 11.6 Å². The van der Waals surface area contributed by atoms with Crippen molar-refractivity contribution < 1.29 is 4.79 Å². The van der Waals surface area contributed by atoms with Crippen LogP contribution in [0.2, 0.25) is 5.02 Å². The first kappa shape index (κ1) is 10.7. The molecule has 1 saturated carbocycles. The molecule has 0 spiro atoms. The summed E-state index contributed by atoms with van der Waals surface area (Å²) in [7, 11) is 0. The highest BCUT2D eigenvalue weighted by Crippen LogP contribution is 2.30. The van der Waals surface area contributed by atoms with E-state index in [1.54, 1.807) is 0 Å². The highest BCUT2D eigenvalue weighted by Gasteiger charge is 2.21. The number of aryl methyl sites for hydroxylation is 1. The van der Waals surface area contributed by atoms with Crippen LogP contribution in [-0.4, -0.2) is 5.78 Å². The zero-order chi connectivity index (χ0) is 10.8. The molecule has 0 radical (unpaired) electrons. The molecule has 80 valence electrons. The van der Waals surface area contributed by atoms with E-state index in [1.165, 1.54) is 19.3 Å². The molecule has 0 atom stereocenters. The average Bonchev–Trinajstić information content (AvgIpc) is 2.15. The van der Waals surface area contributed by atoms with E-state index in [2.05, 4.69) is 0 Å². The first-order valence-electron chi connectivity index (χ1n) is 5.46. The van der Waals surface area contributed by atoms with E-state index in [-0.39, 0.29) is 5.78 Å². The molecular formula is C13H15ClO. The number of Topliss-reactive ketones (excluding diaryl/α,β-unsaturated/α-hetero) is 1. The molecular weight excluding hydrogens is 208 g/mol. The average molecular weight is 223 g/mol. The van der Waals surface area contributed by atoms with Gasteiger partial charge in [0.05, 0.1) is 0 Å². The normalized spacial score (nSPS) is 16.1. The quantitative estimate of drug-likeness (QED) is 0.706. The molecule has 1 nitrogen and oxygen atoms in total. The van der Waals surface area contributed by atoms with Crippen molar-refractivity contribution in [3.63, 3.8) is 0 Å². The van der Waals surface area contributed by atoms with Crippen molar-refractivity contribution in [2.75, 3.05) is 0 Å². The number of hydrogen-bond donors (Lipinski definition) is 0. The maximum atomic E-state index is 11.9. The Morgan fingerprint density at radius 2 is 2.20 bits per heavy atom. The molecule has 15 heavy (non-hydrogen) atoms. The summed E-state index contributed by atoms with van der Waals surface area (Å²) in [4.78, 5) is 11.9. The molecule has 1 aromatic rings. The fourth-order valence-electron chi connectivity index (χ4n) is 1.90. The van der Waals surface area contributed by atoms with Gasteiger partial charge < -0.3 is 0 Å². The minimum Gasteiger partial charge on any atom is -0.294 e. The molecule has 1 aromatic carbocycles. The van der Waals surface area contributed by atoms with Crippen molar-refractivity contribution in [2.45, 2.75) is 32.6 Å². The Bertz CT molecular complexity index is 380. The van der Waals surface area contributed by atoms with Crippen molar-refractivity contribution in [3.8, 4) is 0 Å². The van der Waals surface area contributed by atoms with E-state index in [0.717, 1.165) is 16.1 Å². The van der Waals surface area contributed by atoms with E-state index in [1.807, 2.05) is 25.1 Å². The minimum atomic E-state index is 0.263. The summed E-state index contributed by atoms with van der Waals surface area (Å²) in [6.07, 6.45) is 4.44. The highest BCUT2D eigenvalue weighted by atomic mass is 35.5. The van der Waals surface area contributed by atoms with Crippen LogP contribution in [0.1, 0.15) is 41.6 Å². The van der Waals surface area contributed by atoms with Crippen LogP contribution in [0.25, 0.3) is 0 Å². The second kappa shape index (κ2) is 4.36. The highest BCUT2D eigenvalue weighted by molar-refractivity contribution is 6.31. The molecule has 1 aliphatic rings. The SMILES string of the molecule is Cc1cc(C(=O)CC2CCC2)ccc1Cl. The van der Waals surface area contributed by atoms with Gasteiger partial charge in [-0.15, -0.1) is 0 Å². The molecule has 1 fully saturated rings. The van der Waals surface area contributed by atoms with Gasteiger partial charge in [-0.05, 0) is 36.6 Å². The lowest BCUT2D eigenvalue weighted by Crippen LogP contribution is -2.15. The molecule has 2 heteroatoms. The first-order chi connectivity index (χ1) is 7.16. The van der Waals surface area contributed by atoms with Crippen LogP contribution in [0.15, 0.2) is 18.2 Å². The molecule has 0 bridgehead atoms. The molecule has 1 aliphatic carbocycles. The number of carbonyl (C=O) groups is 1. The van der Waals surface area contributed by atoms with Crippen LogP contribution in [-0.2, 0) is 0 Å². The van der Waals surface area contributed by atoms with Crippen molar-refractivity contribution in [1.82, 2.24) is 0 Å². The lowest BCUT2D eigenvalue weighted by Gasteiger charge is -2.24. The summed E-state index contributed by atoms with van der Waals surface area (Å²) in [5, 5.41) is 0.732. The molecule has 0 unspecified atom stereocenters. The Labute approximate surface area is 95.4 Å². The summed E-state index contributed by atoms with van der Waals surface area (Å²) in [5.41, 5.74) is 1.79. The van der Waals surface area contributed by atoms with Gasteiger partial charge in [0, 0.05) is 17.0 Å². The molecule has 2 rings (SSSR count). The number of carbonyl (C=O) groups excluding carboxylic acids is 1. The summed E-state index contributed by atoms with van der Waals surface area (Å²) in [5.74, 6) is 0.896. The van der Waals surface area contributed by atoms with Gasteiger partial charge in [-0.1, -0.05) is 30.9 Å². The number of hydrogen-bond acceptors (Lipinski definition) is 1. The zero-order valence-corrected chi connectivity index (χ0v) is 9.68.